The summed E-state index contributed by atoms with van der Waals surface area (Å²) in [4.78, 5) is 11.3. The van der Waals surface area contributed by atoms with Gasteiger partial charge in [0.05, 0.1) is 0 Å². The lowest BCUT2D eigenvalue weighted by molar-refractivity contribution is -0.140. The van der Waals surface area contributed by atoms with Crippen molar-refractivity contribution in [2.45, 2.75) is 35.9 Å². The van der Waals surface area contributed by atoms with E-state index in [1.165, 1.54) is 5.56 Å². The third-order valence-corrected chi connectivity index (χ3v) is 4.33. The average molecular weight is 273 g/mol. The Morgan fingerprint density at radius 1 is 1.29 bits per heavy atom. The van der Waals surface area contributed by atoms with Gasteiger partial charge in [0.1, 0.15) is 9.75 Å². The van der Waals surface area contributed by atoms with Crippen LogP contribution in [0.5, 0.6) is 0 Å². The Morgan fingerprint density at radius 3 is 2.06 bits per heavy atom. The number of hydrogen-bond donors (Lipinski definition) is 1. The van der Waals surface area contributed by atoms with Gasteiger partial charge in [-0.3, -0.25) is 4.79 Å². The van der Waals surface area contributed by atoms with E-state index in [0.29, 0.717) is 11.5 Å². The molecule has 2 nitrogen and oxygen atoms in total. The number of halogens is 2. The lowest BCUT2D eigenvalue weighted by atomic mass is 9.93. The summed E-state index contributed by atoms with van der Waals surface area (Å²) in [5, 5.41) is 9.30. The molecule has 1 aromatic carbocycles. The van der Waals surface area contributed by atoms with Crippen molar-refractivity contribution in [3.8, 4) is 0 Å². The van der Waals surface area contributed by atoms with Gasteiger partial charge >= 0.3 is 5.97 Å². The molecular weight excluding hydrogens is 259 g/mol. The molecule has 1 aliphatic rings. The summed E-state index contributed by atoms with van der Waals surface area (Å²) in [5.74, 6) is -0.541. The van der Waals surface area contributed by atoms with Crippen molar-refractivity contribution in [3.05, 3.63) is 35.4 Å². The standard InChI is InChI=1S/C13H14Cl2O2/c1-8(2)9-3-5-10(6-4-9)12(11(16)17)7-13(12,14)15/h3-6,8H,7H2,1-2H3,(H,16,17). The number of alkyl halides is 2. The summed E-state index contributed by atoms with van der Waals surface area (Å²) >= 11 is 12.0. The summed E-state index contributed by atoms with van der Waals surface area (Å²) in [7, 11) is 0. The number of rotatable bonds is 3. The molecule has 0 spiro atoms. The molecule has 0 radical (unpaired) electrons. The number of carbonyl (C=O) groups is 1. The Morgan fingerprint density at radius 2 is 1.76 bits per heavy atom. The molecule has 1 fully saturated rings. The fourth-order valence-corrected chi connectivity index (χ4v) is 2.89. The van der Waals surface area contributed by atoms with Crippen LogP contribution in [-0.4, -0.2) is 15.4 Å². The Kier molecular flexibility index (Phi) is 2.91. The van der Waals surface area contributed by atoms with E-state index in [4.69, 9.17) is 23.2 Å². The van der Waals surface area contributed by atoms with Gasteiger partial charge in [-0.1, -0.05) is 61.3 Å². The first-order chi connectivity index (χ1) is 7.81. The van der Waals surface area contributed by atoms with Crippen LogP contribution in [0.3, 0.4) is 0 Å². The highest BCUT2D eigenvalue weighted by Crippen LogP contribution is 2.64. The third kappa shape index (κ3) is 1.84. The van der Waals surface area contributed by atoms with Crippen LogP contribution >= 0.6 is 23.2 Å². The minimum atomic E-state index is -1.18. The van der Waals surface area contributed by atoms with E-state index in [-0.39, 0.29) is 6.42 Å². The van der Waals surface area contributed by atoms with E-state index in [1.54, 1.807) is 0 Å². The highest BCUT2D eigenvalue weighted by Gasteiger charge is 2.72. The number of carboxylic acids is 1. The fraction of sp³-hybridized carbons (Fsp3) is 0.462. The van der Waals surface area contributed by atoms with Gasteiger partial charge in [0.2, 0.25) is 0 Å². The molecule has 0 heterocycles. The van der Waals surface area contributed by atoms with Gasteiger partial charge in [-0.2, -0.15) is 0 Å². The average Bonchev–Trinajstić information content (AvgIpc) is 2.83. The molecule has 4 heteroatoms. The van der Waals surface area contributed by atoms with Gasteiger partial charge in [0, 0.05) is 6.42 Å². The lowest BCUT2D eigenvalue weighted by Crippen LogP contribution is -2.26. The molecule has 0 aliphatic heterocycles. The molecule has 2 rings (SSSR count). The maximum atomic E-state index is 11.3. The molecule has 1 aliphatic carbocycles. The quantitative estimate of drug-likeness (QED) is 0.852. The van der Waals surface area contributed by atoms with Gasteiger partial charge in [0.25, 0.3) is 0 Å². The van der Waals surface area contributed by atoms with Crippen molar-refractivity contribution in [1.29, 1.82) is 0 Å². The number of aliphatic carboxylic acids is 1. The van der Waals surface area contributed by atoms with E-state index in [0.717, 1.165) is 0 Å². The Labute approximate surface area is 111 Å². The normalized spacial score (nSPS) is 25.9. The summed E-state index contributed by atoms with van der Waals surface area (Å²) in [6.45, 7) is 4.18. The van der Waals surface area contributed by atoms with Crippen LogP contribution in [0.4, 0.5) is 0 Å². The van der Waals surface area contributed by atoms with E-state index in [1.807, 2.05) is 24.3 Å². The number of benzene rings is 1. The SMILES string of the molecule is CC(C)c1ccc(C2(C(=O)O)CC2(Cl)Cl)cc1. The third-order valence-electron chi connectivity index (χ3n) is 3.42. The molecule has 17 heavy (non-hydrogen) atoms. The fourth-order valence-electron chi connectivity index (χ4n) is 2.11. The van der Waals surface area contributed by atoms with E-state index in [2.05, 4.69) is 13.8 Å². The van der Waals surface area contributed by atoms with E-state index < -0.39 is 15.7 Å². The van der Waals surface area contributed by atoms with Gasteiger partial charge in [-0.05, 0) is 17.0 Å². The predicted molar refractivity (Wildman–Crippen MR) is 68.9 cm³/mol. The second-order valence-corrected chi connectivity index (χ2v) is 6.35. The molecular formula is C13H14Cl2O2. The summed E-state index contributed by atoms with van der Waals surface area (Å²) in [6.07, 6.45) is 0.263. The maximum Gasteiger partial charge on any atom is 0.317 e. The van der Waals surface area contributed by atoms with Crippen molar-refractivity contribution in [3.63, 3.8) is 0 Å². The van der Waals surface area contributed by atoms with Crippen LogP contribution in [0.2, 0.25) is 0 Å². The van der Waals surface area contributed by atoms with Crippen LogP contribution in [0.25, 0.3) is 0 Å². The molecule has 92 valence electrons. The van der Waals surface area contributed by atoms with Gasteiger partial charge in [-0.25, -0.2) is 0 Å². The first-order valence-corrected chi connectivity index (χ1v) is 6.28. The largest absolute Gasteiger partial charge is 0.480 e. The van der Waals surface area contributed by atoms with Crippen molar-refractivity contribution in [2.24, 2.45) is 0 Å². The lowest BCUT2D eigenvalue weighted by Gasteiger charge is -2.14. The van der Waals surface area contributed by atoms with Gasteiger partial charge < -0.3 is 5.11 Å². The molecule has 1 N–H and O–H groups in total. The monoisotopic (exact) mass is 272 g/mol. The molecule has 0 amide bonds. The van der Waals surface area contributed by atoms with E-state index in [9.17, 15) is 9.90 Å². The highest BCUT2D eigenvalue weighted by atomic mass is 35.5. The molecule has 0 aromatic heterocycles. The summed E-state index contributed by atoms with van der Waals surface area (Å²) in [6, 6.07) is 7.51. The minimum Gasteiger partial charge on any atom is -0.480 e. The smallest absolute Gasteiger partial charge is 0.317 e. The van der Waals surface area contributed by atoms with Crippen LogP contribution in [0.1, 0.15) is 37.3 Å². The highest BCUT2D eigenvalue weighted by molar-refractivity contribution is 6.54. The van der Waals surface area contributed by atoms with Gasteiger partial charge in [0.15, 0.2) is 0 Å². The molecule has 1 aromatic rings. The zero-order valence-electron chi connectivity index (χ0n) is 9.71. The maximum absolute atomic E-state index is 11.3. The topological polar surface area (TPSA) is 37.3 Å². The zero-order valence-corrected chi connectivity index (χ0v) is 11.2. The van der Waals surface area contributed by atoms with E-state index >= 15 is 0 Å². The zero-order chi connectivity index (χ0) is 12.8. The molecule has 1 atom stereocenters. The Hall–Kier alpha value is -0.730. The molecule has 0 saturated heterocycles. The number of hydrogen-bond acceptors (Lipinski definition) is 1. The minimum absolute atomic E-state index is 0.263. The van der Waals surface area contributed by atoms with Crippen molar-refractivity contribution < 1.29 is 9.90 Å². The molecule has 1 saturated carbocycles. The second-order valence-electron chi connectivity index (χ2n) is 4.87. The van der Waals surface area contributed by atoms with Crippen molar-refractivity contribution in [1.82, 2.24) is 0 Å². The first kappa shape index (κ1) is 12.7. The summed E-state index contributed by atoms with van der Waals surface area (Å²) in [5.41, 5.74) is 0.718. The van der Waals surface area contributed by atoms with Crippen LogP contribution in [-0.2, 0) is 10.2 Å². The van der Waals surface area contributed by atoms with Gasteiger partial charge in [-0.15, -0.1) is 0 Å². The van der Waals surface area contributed by atoms with Crippen LogP contribution in [0, 0.1) is 0 Å². The number of carboxylic acid groups (broad SMARTS) is 1. The Balaban J connectivity index is 2.38. The van der Waals surface area contributed by atoms with Crippen molar-refractivity contribution >= 4 is 29.2 Å². The van der Waals surface area contributed by atoms with Crippen LogP contribution < -0.4 is 0 Å². The second kappa shape index (κ2) is 3.89. The van der Waals surface area contributed by atoms with Crippen molar-refractivity contribution in [2.75, 3.05) is 0 Å². The Bertz CT molecular complexity index is 451. The first-order valence-electron chi connectivity index (χ1n) is 5.53. The molecule has 0 bridgehead atoms. The van der Waals surface area contributed by atoms with Crippen LogP contribution in [0.15, 0.2) is 24.3 Å². The predicted octanol–water partition coefficient (Wildman–Crippen LogP) is 3.71. The molecule has 1 unspecified atom stereocenters. The summed E-state index contributed by atoms with van der Waals surface area (Å²) < 4.78 is -1.18.